The third-order valence-corrected chi connectivity index (χ3v) is 5.45. The minimum Gasteiger partial charge on any atom is -0.444 e. The lowest BCUT2D eigenvalue weighted by Crippen LogP contribution is -2.42. The van der Waals surface area contributed by atoms with E-state index in [9.17, 15) is 4.79 Å². The van der Waals surface area contributed by atoms with Gasteiger partial charge in [-0.2, -0.15) is 0 Å². The van der Waals surface area contributed by atoms with Crippen molar-refractivity contribution in [2.45, 2.75) is 32.0 Å². The predicted molar refractivity (Wildman–Crippen MR) is 100 cm³/mol. The fourth-order valence-corrected chi connectivity index (χ4v) is 3.90. The topological polar surface area (TPSA) is 79.2 Å². The summed E-state index contributed by atoms with van der Waals surface area (Å²) in [6.07, 6.45) is 2.31. The number of aryl methyl sites for hydroxylation is 1. The Bertz CT molecular complexity index is 890. The van der Waals surface area contributed by atoms with Crippen LogP contribution in [-0.2, 0) is 11.3 Å². The molecule has 1 aliphatic rings. The van der Waals surface area contributed by atoms with Crippen LogP contribution in [0.2, 0.25) is 0 Å². The van der Waals surface area contributed by atoms with Crippen molar-refractivity contribution in [2.24, 2.45) is 0 Å². The van der Waals surface area contributed by atoms with Gasteiger partial charge >= 0.3 is 0 Å². The number of nitrogens with one attached hydrogen (secondary N) is 3. The SMILES string of the molecule is Cc1ccc(C2CC(C(=O)NCc3coc(-c4ccccc4)n3)NN2)s1. The minimum absolute atomic E-state index is 0.0439. The van der Waals surface area contributed by atoms with Crippen LogP contribution in [0.1, 0.15) is 27.9 Å². The minimum atomic E-state index is -0.261. The molecule has 2 aromatic heterocycles. The van der Waals surface area contributed by atoms with E-state index in [-0.39, 0.29) is 18.0 Å². The lowest BCUT2D eigenvalue weighted by Gasteiger charge is -2.09. The quantitative estimate of drug-likeness (QED) is 0.645. The van der Waals surface area contributed by atoms with Crippen LogP contribution in [0.3, 0.4) is 0 Å². The first-order chi connectivity index (χ1) is 12.7. The highest BCUT2D eigenvalue weighted by Crippen LogP contribution is 2.28. The Morgan fingerprint density at radius 2 is 2.12 bits per heavy atom. The smallest absolute Gasteiger partial charge is 0.238 e. The molecule has 2 unspecified atom stereocenters. The molecule has 1 saturated heterocycles. The van der Waals surface area contributed by atoms with E-state index in [1.54, 1.807) is 17.6 Å². The van der Waals surface area contributed by atoms with E-state index >= 15 is 0 Å². The van der Waals surface area contributed by atoms with Crippen molar-refractivity contribution in [2.75, 3.05) is 0 Å². The Balaban J connectivity index is 1.31. The molecule has 0 spiro atoms. The van der Waals surface area contributed by atoms with Crippen molar-refractivity contribution in [3.63, 3.8) is 0 Å². The summed E-state index contributed by atoms with van der Waals surface area (Å²) in [5.74, 6) is 0.515. The number of aromatic nitrogens is 1. The lowest BCUT2D eigenvalue weighted by atomic mass is 10.1. The monoisotopic (exact) mass is 368 g/mol. The highest BCUT2D eigenvalue weighted by molar-refractivity contribution is 7.12. The van der Waals surface area contributed by atoms with Gasteiger partial charge in [0.2, 0.25) is 11.8 Å². The second-order valence-corrected chi connectivity index (χ2v) is 7.63. The number of carbonyl (C=O) groups is 1. The van der Waals surface area contributed by atoms with E-state index in [1.165, 1.54) is 9.75 Å². The molecule has 0 bridgehead atoms. The summed E-state index contributed by atoms with van der Waals surface area (Å²) >= 11 is 1.75. The Morgan fingerprint density at radius 3 is 2.88 bits per heavy atom. The molecule has 26 heavy (non-hydrogen) atoms. The average molecular weight is 368 g/mol. The van der Waals surface area contributed by atoms with Gasteiger partial charge in [-0.15, -0.1) is 11.3 Å². The summed E-state index contributed by atoms with van der Waals surface area (Å²) in [6.45, 7) is 2.43. The molecule has 7 heteroatoms. The number of thiophene rings is 1. The van der Waals surface area contributed by atoms with Gasteiger partial charge < -0.3 is 9.73 Å². The number of amides is 1. The Hall–Kier alpha value is -2.48. The van der Waals surface area contributed by atoms with Crippen molar-refractivity contribution >= 4 is 17.2 Å². The molecular weight excluding hydrogens is 348 g/mol. The fraction of sp³-hybridized carbons (Fsp3) is 0.263. The number of rotatable bonds is 5. The molecule has 134 valence electrons. The number of hydrogen-bond donors (Lipinski definition) is 3. The molecule has 3 aromatic rings. The fourth-order valence-electron chi connectivity index (χ4n) is 2.96. The van der Waals surface area contributed by atoms with Gasteiger partial charge in [0.25, 0.3) is 0 Å². The molecule has 0 radical (unpaired) electrons. The molecule has 1 aromatic carbocycles. The molecule has 4 rings (SSSR count). The number of hydrogen-bond acceptors (Lipinski definition) is 6. The first-order valence-corrected chi connectivity index (χ1v) is 9.35. The standard InChI is InChI=1S/C19H20N4O2S/c1-12-7-8-17(26-12)15-9-16(23-22-15)18(24)20-10-14-11-25-19(21-14)13-5-3-2-4-6-13/h2-8,11,15-16,22-23H,9-10H2,1H3,(H,20,24). The van der Waals surface area contributed by atoms with E-state index in [0.717, 1.165) is 12.0 Å². The number of benzene rings is 1. The molecular formula is C19H20N4O2S. The van der Waals surface area contributed by atoms with Gasteiger partial charge in [0.15, 0.2) is 0 Å². The second-order valence-electron chi connectivity index (χ2n) is 6.31. The molecule has 0 saturated carbocycles. The molecule has 6 nitrogen and oxygen atoms in total. The van der Waals surface area contributed by atoms with Crippen LogP contribution in [0.15, 0.2) is 53.1 Å². The summed E-state index contributed by atoms with van der Waals surface area (Å²) in [5.41, 5.74) is 7.91. The average Bonchev–Trinajstić information content (AvgIpc) is 3.40. The maximum Gasteiger partial charge on any atom is 0.238 e. The highest BCUT2D eigenvalue weighted by atomic mass is 32.1. The van der Waals surface area contributed by atoms with Gasteiger partial charge in [-0.1, -0.05) is 18.2 Å². The molecule has 0 aliphatic carbocycles. The third kappa shape index (κ3) is 3.70. The predicted octanol–water partition coefficient (Wildman–Crippen LogP) is 2.94. The van der Waals surface area contributed by atoms with Crippen LogP contribution in [0.4, 0.5) is 0 Å². The zero-order chi connectivity index (χ0) is 17.9. The largest absolute Gasteiger partial charge is 0.444 e. The maximum atomic E-state index is 12.4. The van der Waals surface area contributed by atoms with Crippen LogP contribution in [0, 0.1) is 6.92 Å². The molecule has 2 atom stereocenters. The van der Waals surface area contributed by atoms with Gasteiger partial charge in [-0.25, -0.2) is 15.8 Å². The first kappa shape index (κ1) is 17.0. The van der Waals surface area contributed by atoms with Crippen LogP contribution < -0.4 is 16.2 Å². The number of hydrazine groups is 1. The summed E-state index contributed by atoms with van der Waals surface area (Å²) in [4.78, 5) is 19.4. The molecule has 1 fully saturated rings. The van der Waals surface area contributed by atoms with Crippen molar-refractivity contribution in [3.8, 4) is 11.5 Å². The molecule has 1 aliphatic heterocycles. The van der Waals surface area contributed by atoms with E-state index in [0.29, 0.717) is 18.1 Å². The van der Waals surface area contributed by atoms with Crippen molar-refractivity contribution in [1.82, 2.24) is 21.2 Å². The molecule has 1 amide bonds. The summed E-state index contributed by atoms with van der Waals surface area (Å²) in [6, 6.07) is 13.8. The lowest BCUT2D eigenvalue weighted by molar-refractivity contribution is -0.123. The Morgan fingerprint density at radius 1 is 1.27 bits per heavy atom. The van der Waals surface area contributed by atoms with Crippen molar-refractivity contribution in [3.05, 3.63) is 64.2 Å². The van der Waals surface area contributed by atoms with Crippen molar-refractivity contribution in [1.29, 1.82) is 0 Å². The van der Waals surface area contributed by atoms with E-state index in [1.807, 2.05) is 30.3 Å². The number of carbonyl (C=O) groups excluding carboxylic acids is 1. The van der Waals surface area contributed by atoms with Gasteiger partial charge in [0, 0.05) is 15.3 Å². The molecule has 3 N–H and O–H groups in total. The Labute approximate surface area is 155 Å². The maximum absolute atomic E-state index is 12.4. The van der Waals surface area contributed by atoms with E-state index in [4.69, 9.17) is 4.42 Å². The number of oxazole rings is 1. The molecule has 3 heterocycles. The van der Waals surface area contributed by atoms with Gasteiger partial charge in [-0.3, -0.25) is 4.79 Å². The van der Waals surface area contributed by atoms with Crippen LogP contribution in [-0.4, -0.2) is 16.9 Å². The second kappa shape index (κ2) is 7.41. The van der Waals surface area contributed by atoms with Gasteiger partial charge in [-0.05, 0) is 37.6 Å². The van der Waals surface area contributed by atoms with Crippen LogP contribution in [0.25, 0.3) is 11.5 Å². The highest BCUT2D eigenvalue weighted by Gasteiger charge is 2.30. The van der Waals surface area contributed by atoms with Crippen molar-refractivity contribution < 1.29 is 9.21 Å². The van der Waals surface area contributed by atoms with E-state index < -0.39 is 0 Å². The zero-order valence-electron chi connectivity index (χ0n) is 14.4. The van der Waals surface area contributed by atoms with E-state index in [2.05, 4.69) is 40.2 Å². The Kier molecular flexibility index (Phi) is 4.83. The van der Waals surface area contributed by atoms with Crippen LogP contribution in [0.5, 0.6) is 0 Å². The first-order valence-electron chi connectivity index (χ1n) is 8.54. The van der Waals surface area contributed by atoms with Gasteiger partial charge in [0.05, 0.1) is 18.3 Å². The normalized spacial score (nSPS) is 19.6. The summed E-state index contributed by atoms with van der Waals surface area (Å²) in [5, 5.41) is 2.92. The summed E-state index contributed by atoms with van der Waals surface area (Å²) < 4.78 is 5.50. The summed E-state index contributed by atoms with van der Waals surface area (Å²) in [7, 11) is 0. The third-order valence-electron chi connectivity index (χ3n) is 4.34. The zero-order valence-corrected chi connectivity index (χ0v) is 15.2. The van der Waals surface area contributed by atoms with Gasteiger partial charge in [0.1, 0.15) is 12.3 Å². The number of nitrogens with zero attached hydrogens (tertiary/aromatic N) is 1. The van der Waals surface area contributed by atoms with Crippen LogP contribution >= 0.6 is 11.3 Å².